The van der Waals surface area contributed by atoms with Crippen LogP contribution in [0.5, 0.6) is 0 Å². The summed E-state index contributed by atoms with van der Waals surface area (Å²) in [5.74, 6) is 0. The first-order valence-corrected chi connectivity index (χ1v) is 7.60. The summed E-state index contributed by atoms with van der Waals surface area (Å²) < 4.78 is 26.3. The number of hydrogen-bond donors (Lipinski definition) is 1. The molecular weight excluding hydrogens is 250 g/mol. The van der Waals surface area contributed by atoms with Gasteiger partial charge in [0.05, 0.1) is 11.0 Å². The Bertz CT molecular complexity index is 519. The molecule has 2 rings (SSSR count). The van der Waals surface area contributed by atoms with Gasteiger partial charge >= 0.3 is 0 Å². The van der Waals surface area contributed by atoms with Crippen molar-refractivity contribution in [2.45, 2.75) is 37.7 Å². The molecule has 0 aromatic heterocycles. The molecule has 0 spiro atoms. The van der Waals surface area contributed by atoms with Crippen LogP contribution in [0.3, 0.4) is 0 Å². The van der Waals surface area contributed by atoms with E-state index in [2.05, 4.69) is 0 Å². The summed E-state index contributed by atoms with van der Waals surface area (Å²) in [5.41, 5.74) is 1.87. The van der Waals surface area contributed by atoms with Crippen molar-refractivity contribution in [1.29, 1.82) is 0 Å². The van der Waals surface area contributed by atoms with Crippen molar-refractivity contribution >= 4 is 10.0 Å². The highest BCUT2D eigenvalue weighted by Crippen LogP contribution is 2.22. The Hall–Kier alpha value is -0.910. The summed E-state index contributed by atoms with van der Waals surface area (Å²) in [7, 11) is -3.47. The third-order valence-corrected chi connectivity index (χ3v) is 5.04. The second kappa shape index (κ2) is 4.99. The van der Waals surface area contributed by atoms with Crippen LogP contribution in [-0.4, -0.2) is 37.0 Å². The van der Waals surface area contributed by atoms with Crippen molar-refractivity contribution in [3.8, 4) is 0 Å². The first-order chi connectivity index (χ1) is 8.39. The van der Waals surface area contributed by atoms with Crippen LogP contribution in [0.2, 0.25) is 0 Å². The SMILES string of the molecule is Cc1cc(C)cc(S(=O)(=O)N2CCC[C@H](O)C2)c1. The van der Waals surface area contributed by atoms with E-state index in [9.17, 15) is 13.5 Å². The summed E-state index contributed by atoms with van der Waals surface area (Å²) in [6.07, 6.45) is 0.851. The Balaban J connectivity index is 2.35. The van der Waals surface area contributed by atoms with Crippen LogP contribution in [-0.2, 0) is 10.0 Å². The average molecular weight is 269 g/mol. The van der Waals surface area contributed by atoms with Gasteiger partial charge in [-0.3, -0.25) is 0 Å². The number of benzene rings is 1. The first-order valence-electron chi connectivity index (χ1n) is 6.16. The molecule has 0 amide bonds. The van der Waals surface area contributed by atoms with Crippen molar-refractivity contribution in [2.75, 3.05) is 13.1 Å². The maximum absolute atomic E-state index is 12.5. The van der Waals surface area contributed by atoms with Crippen molar-refractivity contribution in [3.05, 3.63) is 29.3 Å². The molecule has 0 unspecified atom stereocenters. The number of sulfonamides is 1. The summed E-state index contributed by atoms with van der Waals surface area (Å²) in [6.45, 7) is 4.47. The molecule has 1 aliphatic heterocycles. The first kappa shape index (κ1) is 13.5. The smallest absolute Gasteiger partial charge is 0.243 e. The fourth-order valence-electron chi connectivity index (χ4n) is 2.37. The molecule has 0 saturated carbocycles. The van der Waals surface area contributed by atoms with Gasteiger partial charge in [-0.2, -0.15) is 4.31 Å². The highest BCUT2D eigenvalue weighted by Gasteiger charge is 2.29. The minimum atomic E-state index is -3.47. The highest BCUT2D eigenvalue weighted by molar-refractivity contribution is 7.89. The predicted molar refractivity (Wildman–Crippen MR) is 69.9 cm³/mol. The van der Waals surface area contributed by atoms with E-state index in [4.69, 9.17) is 0 Å². The lowest BCUT2D eigenvalue weighted by Crippen LogP contribution is -2.42. The average Bonchev–Trinajstić information content (AvgIpc) is 2.27. The molecule has 4 nitrogen and oxygen atoms in total. The quantitative estimate of drug-likeness (QED) is 0.884. The molecule has 5 heteroatoms. The Labute approximate surface area is 108 Å². The van der Waals surface area contributed by atoms with Gasteiger partial charge in [0.15, 0.2) is 0 Å². The molecule has 1 aromatic rings. The zero-order valence-corrected chi connectivity index (χ0v) is 11.6. The third kappa shape index (κ3) is 2.74. The number of aliphatic hydroxyl groups is 1. The number of aryl methyl sites for hydroxylation is 2. The van der Waals surface area contributed by atoms with E-state index >= 15 is 0 Å². The minimum Gasteiger partial charge on any atom is -0.392 e. The van der Waals surface area contributed by atoms with Crippen LogP contribution < -0.4 is 0 Å². The minimum absolute atomic E-state index is 0.204. The van der Waals surface area contributed by atoms with E-state index in [1.807, 2.05) is 19.9 Å². The van der Waals surface area contributed by atoms with Crippen LogP contribution in [0, 0.1) is 13.8 Å². The molecule has 1 aromatic carbocycles. The lowest BCUT2D eigenvalue weighted by molar-refractivity contribution is 0.108. The highest BCUT2D eigenvalue weighted by atomic mass is 32.2. The second-order valence-corrected chi connectivity index (χ2v) is 6.92. The molecule has 18 heavy (non-hydrogen) atoms. The van der Waals surface area contributed by atoms with E-state index in [0.29, 0.717) is 24.3 Å². The molecule has 100 valence electrons. The fraction of sp³-hybridized carbons (Fsp3) is 0.538. The maximum atomic E-state index is 12.5. The number of rotatable bonds is 2. The lowest BCUT2D eigenvalue weighted by atomic mass is 10.1. The maximum Gasteiger partial charge on any atom is 0.243 e. The molecule has 1 aliphatic rings. The number of piperidine rings is 1. The molecule has 0 bridgehead atoms. The molecule has 1 saturated heterocycles. The Morgan fingerprint density at radius 1 is 1.22 bits per heavy atom. The second-order valence-electron chi connectivity index (χ2n) is 4.98. The molecule has 0 aliphatic carbocycles. The van der Waals surface area contributed by atoms with Gasteiger partial charge < -0.3 is 5.11 Å². The summed E-state index contributed by atoms with van der Waals surface area (Å²) in [5, 5.41) is 9.59. The molecule has 1 atom stereocenters. The number of β-amino-alcohol motifs (C(OH)–C–C–N with tert-alkyl or cyclic N) is 1. The topological polar surface area (TPSA) is 57.6 Å². The van der Waals surface area contributed by atoms with Crippen LogP contribution in [0.1, 0.15) is 24.0 Å². The summed E-state index contributed by atoms with van der Waals surface area (Å²) in [6, 6.07) is 5.32. The Kier molecular flexibility index (Phi) is 3.75. The molecular formula is C13H19NO3S. The Morgan fingerprint density at radius 3 is 2.39 bits per heavy atom. The number of aliphatic hydroxyl groups excluding tert-OH is 1. The van der Waals surface area contributed by atoms with Crippen LogP contribution >= 0.6 is 0 Å². The summed E-state index contributed by atoms with van der Waals surface area (Å²) >= 11 is 0. The van der Waals surface area contributed by atoms with E-state index in [1.165, 1.54) is 4.31 Å². The number of hydrogen-bond acceptors (Lipinski definition) is 3. The monoisotopic (exact) mass is 269 g/mol. The van der Waals surface area contributed by atoms with E-state index in [0.717, 1.165) is 11.1 Å². The normalized spacial score (nSPS) is 22.1. The zero-order chi connectivity index (χ0) is 13.3. The zero-order valence-electron chi connectivity index (χ0n) is 10.8. The van der Waals surface area contributed by atoms with E-state index < -0.39 is 16.1 Å². The van der Waals surface area contributed by atoms with Crippen molar-refractivity contribution in [2.24, 2.45) is 0 Å². The van der Waals surface area contributed by atoms with Gasteiger partial charge in [0, 0.05) is 13.1 Å². The van der Waals surface area contributed by atoms with Gasteiger partial charge in [0.25, 0.3) is 0 Å². The van der Waals surface area contributed by atoms with Crippen LogP contribution in [0.4, 0.5) is 0 Å². The van der Waals surface area contributed by atoms with Gasteiger partial charge in [-0.1, -0.05) is 6.07 Å². The third-order valence-electron chi connectivity index (χ3n) is 3.19. The fourth-order valence-corrected chi connectivity index (χ4v) is 4.08. The van der Waals surface area contributed by atoms with Gasteiger partial charge in [0.1, 0.15) is 0 Å². The van der Waals surface area contributed by atoms with Crippen LogP contribution in [0.25, 0.3) is 0 Å². The van der Waals surface area contributed by atoms with Gasteiger partial charge in [-0.05, 0) is 49.9 Å². The molecule has 0 radical (unpaired) electrons. The van der Waals surface area contributed by atoms with E-state index in [1.54, 1.807) is 12.1 Å². The van der Waals surface area contributed by atoms with E-state index in [-0.39, 0.29) is 6.54 Å². The van der Waals surface area contributed by atoms with Crippen molar-refractivity contribution in [3.63, 3.8) is 0 Å². The van der Waals surface area contributed by atoms with Crippen molar-refractivity contribution in [1.82, 2.24) is 4.31 Å². The largest absolute Gasteiger partial charge is 0.392 e. The van der Waals surface area contributed by atoms with Crippen LogP contribution in [0.15, 0.2) is 23.1 Å². The molecule has 1 heterocycles. The predicted octanol–water partition coefficient (Wildman–Crippen LogP) is 1.45. The van der Waals surface area contributed by atoms with Gasteiger partial charge in [-0.25, -0.2) is 8.42 Å². The number of nitrogens with zero attached hydrogens (tertiary/aromatic N) is 1. The van der Waals surface area contributed by atoms with Crippen molar-refractivity contribution < 1.29 is 13.5 Å². The lowest BCUT2D eigenvalue weighted by Gasteiger charge is -2.29. The molecule has 1 N–H and O–H groups in total. The molecule has 1 fully saturated rings. The Morgan fingerprint density at radius 2 is 1.83 bits per heavy atom. The summed E-state index contributed by atoms with van der Waals surface area (Å²) in [4.78, 5) is 0.328. The van der Waals surface area contributed by atoms with Gasteiger partial charge in [-0.15, -0.1) is 0 Å². The standard InChI is InChI=1S/C13H19NO3S/c1-10-6-11(2)8-13(7-10)18(16,17)14-5-3-4-12(15)9-14/h6-8,12,15H,3-5,9H2,1-2H3/t12-/m0/s1. The van der Waals surface area contributed by atoms with Gasteiger partial charge in [0.2, 0.25) is 10.0 Å².